The lowest BCUT2D eigenvalue weighted by atomic mass is 10.9. The molecule has 0 rings (SSSR count). The van der Waals surface area contributed by atoms with E-state index in [4.69, 9.17) is 26.6 Å². The highest BCUT2D eigenvalue weighted by atomic mass is 28.4. The summed E-state index contributed by atoms with van der Waals surface area (Å²) < 4.78 is 32.2. The molecule has 9 heteroatoms. The zero-order valence-electron chi connectivity index (χ0n) is 11.4. The zero-order chi connectivity index (χ0) is 13.5. The minimum Gasteiger partial charge on any atom is -0.397 e. The molecular formula is C8H21O6Si3. The van der Waals surface area contributed by atoms with Gasteiger partial charge in [0.15, 0.2) is 0 Å². The molecule has 0 bridgehead atoms. The molecule has 0 N–H and O–H groups in total. The van der Waals surface area contributed by atoms with Gasteiger partial charge < -0.3 is 26.6 Å². The Morgan fingerprint density at radius 2 is 0.706 bits per heavy atom. The Labute approximate surface area is 109 Å². The molecule has 0 saturated carbocycles. The molecule has 6 nitrogen and oxygen atoms in total. The van der Waals surface area contributed by atoms with Gasteiger partial charge >= 0.3 is 27.9 Å². The minimum absolute atomic E-state index is 0.476. The van der Waals surface area contributed by atoms with Crippen molar-refractivity contribution in [3.63, 3.8) is 0 Å². The minimum atomic E-state index is -1.62. The van der Waals surface area contributed by atoms with Crippen LogP contribution in [0.2, 0.25) is 4.28 Å². The van der Waals surface area contributed by atoms with Crippen molar-refractivity contribution >= 4 is 27.9 Å². The molecule has 0 saturated heterocycles. The van der Waals surface area contributed by atoms with Crippen LogP contribution in [0, 0.1) is 0 Å². The van der Waals surface area contributed by atoms with Gasteiger partial charge in [0, 0.05) is 42.7 Å². The average molecular weight is 298 g/mol. The van der Waals surface area contributed by atoms with Crippen LogP contribution >= 0.6 is 0 Å². The lowest BCUT2D eigenvalue weighted by Crippen LogP contribution is -2.58. The predicted molar refractivity (Wildman–Crippen MR) is 67.7 cm³/mol. The topological polar surface area (TPSA) is 55.4 Å². The van der Waals surface area contributed by atoms with Crippen molar-refractivity contribution in [2.24, 2.45) is 0 Å². The second-order valence-electron chi connectivity index (χ2n) is 3.21. The van der Waals surface area contributed by atoms with Gasteiger partial charge in [0.2, 0.25) is 0 Å². The van der Waals surface area contributed by atoms with E-state index in [0.717, 1.165) is 0 Å². The highest BCUT2D eigenvalue weighted by Crippen LogP contribution is 2.37. The van der Waals surface area contributed by atoms with Gasteiger partial charge in [-0.1, -0.05) is 6.92 Å². The lowest BCUT2D eigenvalue weighted by molar-refractivity contribution is 0.205. The smallest absolute Gasteiger partial charge is 0.394 e. The van der Waals surface area contributed by atoms with Crippen molar-refractivity contribution in [2.45, 2.75) is 11.2 Å². The zero-order valence-corrected chi connectivity index (χ0v) is 14.4. The highest BCUT2D eigenvalue weighted by Gasteiger charge is 2.60. The van der Waals surface area contributed by atoms with Crippen molar-refractivity contribution in [1.29, 1.82) is 0 Å². The van der Waals surface area contributed by atoms with Crippen LogP contribution < -0.4 is 0 Å². The summed E-state index contributed by atoms with van der Waals surface area (Å²) in [6.45, 7) is 1.98. The Balaban J connectivity index is 5.29. The van der Waals surface area contributed by atoms with E-state index < -0.39 is 32.1 Å². The second-order valence-corrected chi connectivity index (χ2v) is 11.9. The molecule has 101 valence electrons. The molecule has 0 aliphatic rings. The molecule has 0 aromatic rings. The molecule has 0 amide bonds. The third-order valence-corrected chi connectivity index (χ3v) is 10.7. The van der Waals surface area contributed by atoms with Crippen molar-refractivity contribution in [3.05, 3.63) is 0 Å². The van der Waals surface area contributed by atoms with Gasteiger partial charge in [-0.2, -0.15) is 0 Å². The number of hydrogen-bond acceptors (Lipinski definition) is 6. The fourth-order valence-corrected chi connectivity index (χ4v) is 10.3. The maximum atomic E-state index is 5.44. The molecule has 3 radical (unpaired) electrons. The molecule has 0 aromatic carbocycles. The Kier molecular flexibility index (Phi) is 8.71. The summed E-state index contributed by atoms with van der Waals surface area (Å²) in [4.78, 5) is 0. The Hall–Kier alpha value is 0.411. The van der Waals surface area contributed by atoms with Gasteiger partial charge in [0.1, 0.15) is 4.28 Å². The van der Waals surface area contributed by atoms with Crippen LogP contribution in [0.5, 0.6) is 0 Å². The standard InChI is InChI=1S/C8H21O6Si3/c1-8(15(9-2)10-3,16(11-4)12-5)17(13-6)14-7/h1-7H3. The van der Waals surface area contributed by atoms with Gasteiger partial charge in [0.25, 0.3) is 0 Å². The van der Waals surface area contributed by atoms with Crippen LogP contribution in [-0.4, -0.2) is 70.5 Å². The number of rotatable bonds is 9. The Morgan fingerprint density at radius 1 is 0.529 bits per heavy atom. The first-order chi connectivity index (χ1) is 8.06. The predicted octanol–water partition coefficient (Wildman–Crippen LogP) is 0.168. The normalized spacial score (nSPS) is 13.1. The summed E-state index contributed by atoms with van der Waals surface area (Å²) >= 11 is 0. The first-order valence-corrected chi connectivity index (χ1v) is 8.87. The van der Waals surface area contributed by atoms with Crippen LogP contribution in [0.1, 0.15) is 6.92 Å². The third kappa shape index (κ3) is 3.69. The van der Waals surface area contributed by atoms with E-state index in [1.54, 1.807) is 42.7 Å². The molecule has 0 spiro atoms. The Bertz CT molecular complexity index is 164. The van der Waals surface area contributed by atoms with Gasteiger partial charge in [-0.25, -0.2) is 0 Å². The maximum absolute atomic E-state index is 5.44. The second kappa shape index (κ2) is 8.50. The monoisotopic (exact) mass is 297 g/mol. The van der Waals surface area contributed by atoms with Gasteiger partial charge in [-0.05, 0) is 0 Å². The van der Waals surface area contributed by atoms with Gasteiger partial charge in [-0.15, -0.1) is 0 Å². The van der Waals surface area contributed by atoms with Crippen LogP contribution in [0.4, 0.5) is 0 Å². The van der Waals surface area contributed by atoms with Gasteiger partial charge in [0.05, 0.1) is 0 Å². The molecule has 0 fully saturated rings. The van der Waals surface area contributed by atoms with E-state index in [-0.39, 0.29) is 0 Å². The lowest BCUT2D eigenvalue weighted by Gasteiger charge is -2.37. The molecular weight excluding hydrogens is 276 g/mol. The average Bonchev–Trinajstić information content (AvgIpc) is 2.33. The summed E-state index contributed by atoms with van der Waals surface area (Å²) in [5, 5.41) is 0. The first kappa shape index (κ1) is 17.4. The van der Waals surface area contributed by atoms with Gasteiger partial charge in [-0.3, -0.25) is 0 Å². The van der Waals surface area contributed by atoms with E-state index in [1.807, 2.05) is 6.92 Å². The molecule has 0 aliphatic heterocycles. The first-order valence-electron chi connectivity index (χ1n) is 4.92. The summed E-state index contributed by atoms with van der Waals surface area (Å²) in [5.41, 5.74) is 0. The van der Waals surface area contributed by atoms with Crippen molar-refractivity contribution in [3.8, 4) is 0 Å². The largest absolute Gasteiger partial charge is 0.397 e. The van der Waals surface area contributed by atoms with Crippen molar-refractivity contribution in [2.75, 3.05) is 42.7 Å². The third-order valence-electron chi connectivity index (χ3n) is 2.34. The fraction of sp³-hybridized carbons (Fsp3) is 1.00. The van der Waals surface area contributed by atoms with E-state index in [0.29, 0.717) is 0 Å². The number of hydrogen-bond donors (Lipinski definition) is 0. The van der Waals surface area contributed by atoms with Crippen molar-refractivity contribution < 1.29 is 26.6 Å². The Morgan fingerprint density at radius 3 is 0.824 bits per heavy atom. The van der Waals surface area contributed by atoms with Crippen molar-refractivity contribution in [1.82, 2.24) is 0 Å². The molecule has 0 aliphatic carbocycles. The molecule has 0 heterocycles. The molecule has 0 unspecified atom stereocenters. The molecule has 17 heavy (non-hydrogen) atoms. The van der Waals surface area contributed by atoms with Crippen LogP contribution in [-0.2, 0) is 26.6 Å². The fourth-order valence-electron chi connectivity index (χ4n) is 1.72. The van der Waals surface area contributed by atoms with E-state index in [9.17, 15) is 0 Å². The summed E-state index contributed by atoms with van der Waals surface area (Å²) in [7, 11) is 4.85. The summed E-state index contributed by atoms with van der Waals surface area (Å²) in [6, 6.07) is 0. The highest BCUT2D eigenvalue weighted by molar-refractivity contribution is 6.88. The quantitative estimate of drug-likeness (QED) is 0.566. The van der Waals surface area contributed by atoms with E-state index >= 15 is 0 Å². The van der Waals surface area contributed by atoms with Crippen LogP contribution in [0.3, 0.4) is 0 Å². The van der Waals surface area contributed by atoms with Crippen LogP contribution in [0.25, 0.3) is 0 Å². The SMILES string of the molecule is CO[Si](OC)C(C)([Si](OC)OC)[Si](OC)OC. The van der Waals surface area contributed by atoms with E-state index in [1.165, 1.54) is 0 Å². The molecule has 0 atom stereocenters. The summed E-state index contributed by atoms with van der Waals surface area (Å²) in [6.07, 6.45) is 0. The van der Waals surface area contributed by atoms with E-state index in [2.05, 4.69) is 0 Å². The summed E-state index contributed by atoms with van der Waals surface area (Å²) in [5.74, 6) is 0. The van der Waals surface area contributed by atoms with Crippen LogP contribution in [0.15, 0.2) is 0 Å². The molecule has 0 aromatic heterocycles. The maximum Gasteiger partial charge on any atom is 0.394 e.